The number of anilines is 3. The molecule has 1 aromatic heterocycles. The van der Waals surface area contributed by atoms with Crippen LogP contribution in [0, 0.1) is 0 Å². The van der Waals surface area contributed by atoms with Crippen molar-refractivity contribution in [2.75, 3.05) is 17.3 Å². The van der Waals surface area contributed by atoms with E-state index < -0.39 is 5.97 Å². The summed E-state index contributed by atoms with van der Waals surface area (Å²) in [6.07, 6.45) is 0. The maximum Gasteiger partial charge on any atom is 0.361 e. The van der Waals surface area contributed by atoms with Gasteiger partial charge in [-0.15, -0.1) is 11.3 Å². The molecule has 1 heterocycles. The highest BCUT2D eigenvalue weighted by molar-refractivity contribution is 7.14. The van der Waals surface area contributed by atoms with E-state index in [9.17, 15) is 4.79 Å². The average Bonchev–Trinajstić information content (AvgIpc) is 3.12. The molecule has 3 rings (SSSR count). The number of thiazole rings is 1. The molecule has 0 bridgehead atoms. The van der Waals surface area contributed by atoms with Crippen LogP contribution in [0.2, 0.25) is 5.02 Å². The molecule has 8 heteroatoms. The molecule has 0 aliphatic rings. The molecular weight excluding hydrogens is 384 g/mol. The molecule has 0 saturated heterocycles. The lowest BCUT2D eigenvalue weighted by atomic mass is 10.3. The number of para-hydroxylation sites is 1. The summed E-state index contributed by atoms with van der Waals surface area (Å²) in [6.45, 7) is 1.99. The van der Waals surface area contributed by atoms with Crippen molar-refractivity contribution in [1.29, 1.82) is 0 Å². The van der Waals surface area contributed by atoms with Gasteiger partial charge in [0, 0.05) is 16.1 Å². The minimum absolute atomic E-state index is 0.101. The molecule has 2 N–H and O–H groups in total. The van der Waals surface area contributed by atoms with Gasteiger partial charge in [0.2, 0.25) is 0 Å². The number of nitrogens with one attached hydrogen (secondary N) is 2. The zero-order valence-corrected chi connectivity index (χ0v) is 16.1. The summed E-state index contributed by atoms with van der Waals surface area (Å²) in [4.78, 5) is 16.8. The lowest BCUT2D eigenvalue weighted by molar-refractivity contribution is -0.134. The fraction of sp³-hybridized carbons (Fsp3) is 0.105. The Balaban J connectivity index is 1.81. The van der Waals surface area contributed by atoms with Crippen LogP contribution in [0.4, 0.5) is 16.5 Å². The Hall–Kier alpha value is -2.90. The highest BCUT2D eigenvalue weighted by Gasteiger charge is 2.19. The van der Waals surface area contributed by atoms with E-state index in [4.69, 9.17) is 16.3 Å². The molecule has 0 spiro atoms. The number of carbonyl (C=O) groups excluding carboxylic acids is 1. The molecular formula is C19H17ClN4O2S. The number of rotatable bonds is 7. The van der Waals surface area contributed by atoms with E-state index in [2.05, 4.69) is 20.8 Å². The zero-order valence-electron chi connectivity index (χ0n) is 14.5. The van der Waals surface area contributed by atoms with Crippen molar-refractivity contribution in [3.8, 4) is 0 Å². The van der Waals surface area contributed by atoms with E-state index in [0.29, 0.717) is 21.5 Å². The monoisotopic (exact) mass is 400 g/mol. The van der Waals surface area contributed by atoms with Crippen molar-refractivity contribution in [2.45, 2.75) is 6.92 Å². The number of hydrogen-bond donors (Lipinski definition) is 2. The number of aromatic nitrogens is 1. The molecule has 27 heavy (non-hydrogen) atoms. The third kappa shape index (κ3) is 5.29. The summed E-state index contributed by atoms with van der Waals surface area (Å²) in [5.41, 5.74) is 4.97. The molecule has 0 aliphatic heterocycles. The molecule has 2 aromatic carbocycles. The number of nitrogens with zero attached hydrogens (tertiary/aromatic N) is 2. The normalized spacial score (nSPS) is 11.1. The Kier molecular flexibility index (Phi) is 6.40. The second-order valence-electron chi connectivity index (χ2n) is 5.33. The van der Waals surface area contributed by atoms with E-state index >= 15 is 0 Å². The van der Waals surface area contributed by atoms with Crippen LogP contribution >= 0.6 is 22.9 Å². The van der Waals surface area contributed by atoms with Crippen LogP contribution in [0.25, 0.3) is 0 Å². The molecule has 0 atom stereocenters. The van der Waals surface area contributed by atoms with Crippen molar-refractivity contribution >= 4 is 51.1 Å². The lowest BCUT2D eigenvalue weighted by Crippen LogP contribution is -2.20. The van der Waals surface area contributed by atoms with Crippen LogP contribution in [0.15, 0.2) is 65.1 Å². The molecule has 3 aromatic rings. The van der Waals surface area contributed by atoms with Crippen LogP contribution in [-0.4, -0.2) is 23.3 Å². The van der Waals surface area contributed by atoms with Gasteiger partial charge in [-0.2, -0.15) is 5.10 Å². The third-order valence-corrected chi connectivity index (χ3v) is 4.39. The summed E-state index contributed by atoms with van der Waals surface area (Å²) < 4.78 is 5.11. The number of benzene rings is 2. The number of ether oxygens (including phenoxy) is 1. The minimum Gasteiger partial charge on any atom is -0.461 e. The van der Waals surface area contributed by atoms with E-state index in [1.165, 1.54) is 11.3 Å². The first-order chi connectivity index (χ1) is 13.2. The van der Waals surface area contributed by atoms with Gasteiger partial charge in [-0.1, -0.05) is 29.8 Å². The maximum atomic E-state index is 12.3. The first-order valence-electron chi connectivity index (χ1n) is 8.20. The number of esters is 1. The van der Waals surface area contributed by atoms with Crippen molar-refractivity contribution in [2.24, 2.45) is 5.10 Å². The van der Waals surface area contributed by atoms with Crippen molar-refractivity contribution in [3.63, 3.8) is 0 Å². The first-order valence-corrected chi connectivity index (χ1v) is 9.46. The highest BCUT2D eigenvalue weighted by Crippen LogP contribution is 2.21. The Morgan fingerprint density at radius 2 is 1.89 bits per heavy atom. The van der Waals surface area contributed by atoms with Gasteiger partial charge in [0.1, 0.15) is 5.69 Å². The number of carbonyl (C=O) groups is 1. The van der Waals surface area contributed by atoms with Gasteiger partial charge in [0.15, 0.2) is 10.8 Å². The summed E-state index contributed by atoms with van der Waals surface area (Å²) >= 11 is 7.25. The second kappa shape index (κ2) is 9.16. The number of hydrogen-bond acceptors (Lipinski definition) is 7. The van der Waals surface area contributed by atoms with Gasteiger partial charge >= 0.3 is 5.97 Å². The minimum atomic E-state index is -0.546. The van der Waals surface area contributed by atoms with E-state index in [1.54, 1.807) is 36.6 Å². The Labute approximate surface area is 165 Å². The standard InChI is InChI=1S/C19H17ClN4O2S/c1-2-26-18(25)17(24-23-15-10-8-13(20)9-11-15)16-12-27-19(22-16)21-14-6-4-3-5-7-14/h3-12,23H,2H2,1H3,(H,21,22). The summed E-state index contributed by atoms with van der Waals surface area (Å²) in [6, 6.07) is 16.6. The average molecular weight is 401 g/mol. The number of halogens is 1. The Morgan fingerprint density at radius 1 is 1.15 bits per heavy atom. The van der Waals surface area contributed by atoms with E-state index in [-0.39, 0.29) is 12.3 Å². The highest BCUT2D eigenvalue weighted by atomic mass is 35.5. The van der Waals surface area contributed by atoms with Gasteiger partial charge in [-0.3, -0.25) is 5.43 Å². The molecule has 0 radical (unpaired) electrons. The smallest absolute Gasteiger partial charge is 0.361 e. The SMILES string of the molecule is CCOC(=O)C(=NNc1ccc(Cl)cc1)c1csc(Nc2ccccc2)n1. The van der Waals surface area contributed by atoms with Gasteiger partial charge in [-0.25, -0.2) is 9.78 Å². The fourth-order valence-corrected chi connectivity index (χ4v) is 2.98. The van der Waals surface area contributed by atoms with Gasteiger partial charge < -0.3 is 10.1 Å². The molecule has 0 fully saturated rings. The van der Waals surface area contributed by atoms with Crippen LogP contribution in [0.5, 0.6) is 0 Å². The third-order valence-electron chi connectivity index (χ3n) is 3.38. The van der Waals surface area contributed by atoms with E-state index in [1.807, 2.05) is 30.3 Å². The lowest BCUT2D eigenvalue weighted by Gasteiger charge is -2.06. The molecule has 138 valence electrons. The second-order valence-corrected chi connectivity index (χ2v) is 6.62. The van der Waals surface area contributed by atoms with Gasteiger partial charge in [-0.05, 0) is 43.3 Å². The van der Waals surface area contributed by atoms with Gasteiger partial charge in [0.25, 0.3) is 0 Å². The van der Waals surface area contributed by atoms with E-state index in [0.717, 1.165) is 5.69 Å². The molecule has 0 unspecified atom stereocenters. The molecule has 0 aliphatic carbocycles. The topological polar surface area (TPSA) is 75.6 Å². The zero-order chi connectivity index (χ0) is 19.1. The van der Waals surface area contributed by atoms with Crippen LogP contribution in [0.3, 0.4) is 0 Å². The van der Waals surface area contributed by atoms with Crippen LogP contribution in [0.1, 0.15) is 12.6 Å². The fourth-order valence-electron chi connectivity index (χ4n) is 2.14. The quantitative estimate of drug-likeness (QED) is 0.334. The largest absolute Gasteiger partial charge is 0.461 e. The predicted molar refractivity (Wildman–Crippen MR) is 110 cm³/mol. The van der Waals surface area contributed by atoms with Gasteiger partial charge in [0.05, 0.1) is 12.3 Å². The molecule has 6 nitrogen and oxygen atoms in total. The first kappa shape index (κ1) is 18.9. The predicted octanol–water partition coefficient (Wildman–Crippen LogP) is 4.92. The Bertz CT molecular complexity index is 926. The molecule has 0 amide bonds. The summed E-state index contributed by atoms with van der Waals surface area (Å²) in [7, 11) is 0. The van der Waals surface area contributed by atoms with Crippen LogP contribution < -0.4 is 10.7 Å². The maximum absolute atomic E-state index is 12.3. The van der Waals surface area contributed by atoms with Crippen LogP contribution in [-0.2, 0) is 9.53 Å². The summed E-state index contributed by atoms with van der Waals surface area (Å²) in [5, 5.41) is 10.4. The summed E-state index contributed by atoms with van der Waals surface area (Å²) in [5.74, 6) is -0.546. The van der Waals surface area contributed by atoms with Crippen molar-refractivity contribution < 1.29 is 9.53 Å². The Morgan fingerprint density at radius 3 is 2.59 bits per heavy atom. The number of hydrazone groups is 1. The van der Waals surface area contributed by atoms with Crippen molar-refractivity contribution in [1.82, 2.24) is 4.98 Å². The molecule has 0 saturated carbocycles. The van der Waals surface area contributed by atoms with Crippen molar-refractivity contribution in [3.05, 3.63) is 70.7 Å².